The van der Waals surface area contributed by atoms with Crippen LogP contribution in [0.5, 0.6) is 0 Å². The number of hydrogen-bond acceptors (Lipinski definition) is 15. The first-order chi connectivity index (χ1) is 9.75. The zero-order chi connectivity index (χ0) is 18.1. The van der Waals surface area contributed by atoms with Crippen LogP contribution in [0.2, 0.25) is 0 Å². The summed E-state index contributed by atoms with van der Waals surface area (Å²) in [7, 11) is -10.3. The summed E-state index contributed by atoms with van der Waals surface area (Å²) in [5.41, 5.74) is 0. The molecular weight excluding hydrogens is 452 g/mol. The maximum absolute atomic E-state index is 9.48. The molecule has 0 saturated carbocycles. The third kappa shape index (κ3) is 26.1. The second-order valence-corrected chi connectivity index (χ2v) is 5.40. The van der Waals surface area contributed by atoms with E-state index in [2.05, 4.69) is 8.67 Å². The first-order valence-electron chi connectivity index (χ1n) is 5.00. The van der Waals surface area contributed by atoms with Crippen LogP contribution >= 0.6 is 0 Å². The molecule has 0 aromatic carbocycles. The van der Waals surface area contributed by atoms with E-state index in [0.29, 0.717) is 0 Å². The fourth-order valence-corrected chi connectivity index (χ4v) is 1.29. The summed E-state index contributed by atoms with van der Waals surface area (Å²) in [6.07, 6.45) is -6.39. The Bertz CT molecular complexity index is 456. The van der Waals surface area contributed by atoms with Gasteiger partial charge in [-0.15, -0.1) is 0 Å². The van der Waals surface area contributed by atoms with Gasteiger partial charge in [-0.1, -0.05) is 8.67 Å². The standard InChI is InChI=1S/C6H14O6.K.H3N.Na.H2O8S2.H2O/c7-1-3(9)5(11)6(12)4(10)2-8;;;;1-9(2,3)7-8-10(4,5)6;/h3-12H,1-2H2;;1H3;;(H,1,2,3)(H,4,5,6);1H2/q;+1;;+1;;/p-2. The number of rotatable bonds is 8. The van der Waals surface area contributed by atoms with E-state index in [-0.39, 0.29) is 92.6 Å². The van der Waals surface area contributed by atoms with Gasteiger partial charge >= 0.3 is 91.3 Å². The average molecular weight is 471 g/mol. The molecule has 152 valence electrons. The van der Waals surface area contributed by atoms with E-state index in [1.807, 2.05) is 0 Å². The summed E-state index contributed by atoms with van der Waals surface area (Å²) in [6.45, 7) is -1.45. The van der Waals surface area contributed by atoms with E-state index in [1.54, 1.807) is 0 Å². The minimum Gasteiger partial charge on any atom is -0.870 e. The summed E-state index contributed by atoms with van der Waals surface area (Å²) in [5.74, 6) is 0. The predicted molar refractivity (Wildman–Crippen MR) is 68.6 cm³/mol. The van der Waals surface area contributed by atoms with Gasteiger partial charge in [0, 0.05) is 0 Å². The Morgan fingerprint density at radius 3 is 1.23 bits per heavy atom. The molecule has 0 spiro atoms. The largest absolute Gasteiger partial charge is 1.00 e. The van der Waals surface area contributed by atoms with Gasteiger partial charge in [0.25, 0.3) is 0 Å². The first kappa shape index (κ1) is 42.2. The molecule has 0 aliphatic rings. The van der Waals surface area contributed by atoms with Crippen LogP contribution in [0, 0.1) is 0 Å². The van der Waals surface area contributed by atoms with Crippen LogP contribution in [-0.4, -0.2) is 99.7 Å². The molecule has 0 radical (unpaired) electrons. The second-order valence-electron chi connectivity index (χ2n) is 3.45. The smallest absolute Gasteiger partial charge is 0.870 e. The van der Waals surface area contributed by atoms with Gasteiger partial charge in [0.05, 0.1) is 13.2 Å². The third-order valence-electron chi connectivity index (χ3n) is 1.71. The molecule has 16 nitrogen and oxygen atoms in total. The molecule has 0 aliphatic heterocycles. The predicted octanol–water partition coefficient (Wildman–Crippen LogP) is -11.4. The molecule has 0 rings (SSSR count). The van der Waals surface area contributed by atoms with Crippen LogP contribution in [0.25, 0.3) is 0 Å². The van der Waals surface area contributed by atoms with Crippen molar-refractivity contribution in [1.29, 1.82) is 0 Å². The molecule has 4 atom stereocenters. The minimum atomic E-state index is -5.27. The summed E-state index contributed by atoms with van der Waals surface area (Å²) in [4.78, 5) is 0. The molecule has 0 saturated heterocycles. The van der Waals surface area contributed by atoms with Gasteiger partial charge in [-0.2, -0.15) is 8.42 Å². The molecule has 0 amide bonds. The monoisotopic (exact) mass is 471 g/mol. The SMILES string of the molecule is N.O=S(=O)([O-])OOS(=O)(=O)O.OCC(O)C(O)C(O)C(O)CO.[K+].[Na+].[OH-]. The van der Waals surface area contributed by atoms with E-state index >= 15 is 0 Å². The zero-order valence-corrected chi connectivity index (χ0v) is 20.4. The summed E-state index contributed by atoms with van der Waals surface area (Å²) < 4.78 is 60.2. The van der Waals surface area contributed by atoms with Crippen molar-refractivity contribution in [3.63, 3.8) is 0 Å². The van der Waals surface area contributed by atoms with Crippen LogP contribution in [-0.2, 0) is 29.5 Å². The van der Waals surface area contributed by atoms with Gasteiger partial charge in [-0.25, -0.2) is 8.42 Å². The Morgan fingerprint density at radius 1 is 0.846 bits per heavy atom. The Kier molecular flexibility index (Phi) is 33.0. The molecule has 0 aromatic rings. The number of hydrogen-bond donors (Lipinski definition) is 8. The maximum atomic E-state index is 9.48. The van der Waals surface area contributed by atoms with E-state index in [9.17, 15) is 21.4 Å². The number of aliphatic hydroxyl groups is 6. The Hall–Kier alpha value is 2.06. The van der Waals surface area contributed by atoms with Gasteiger partial charge in [0.2, 0.25) is 10.4 Å². The van der Waals surface area contributed by atoms with Crippen molar-refractivity contribution in [3.8, 4) is 0 Å². The van der Waals surface area contributed by atoms with Gasteiger partial charge < -0.3 is 46.8 Å². The van der Waals surface area contributed by atoms with E-state index < -0.39 is 58.4 Å². The fourth-order valence-electron chi connectivity index (χ4n) is 0.740. The Labute approximate surface area is 213 Å². The van der Waals surface area contributed by atoms with Gasteiger partial charge in [0.15, 0.2) is 0 Å². The minimum absolute atomic E-state index is 0. The third-order valence-corrected chi connectivity index (χ3v) is 2.27. The Balaban J connectivity index is -0.0000000674. The van der Waals surface area contributed by atoms with Crippen LogP contribution in [0.3, 0.4) is 0 Å². The van der Waals surface area contributed by atoms with E-state index in [1.165, 1.54) is 0 Å². The van der Waals surface area contributed by atoms with Crippen molar-refractivity contribution in [2.24, 2.45) is 0 Å². The molecule has 26 heavy (non-hydrogen) atoms. The molecule has 0 heterocycles. The normalized spacial score (nSPS) is 15.1. The maximum Gasteiger partial charge on any atom is 1.00 e. The van der Waals surface area contributed by atoms with Crippen molar-refractivity contribution in [2.75, 3.05) is 13.2 Å². The van der Waals surface area contributed by atoms with E-state index in [4.69, 9.17) is 35.2 Å². The molecular formula is C6H19KNNaO15S2. The fraction of sp³-hybridized carbons (Fsp3) is 1.00. The molecule has 0 aliphatic carbocycles. The van der Waals surface area contributed by atoms with Crippen LogP contribution in [0.1, 0.15) is 0 Å². The summed E-state index contributed by atoms with van der Waals surface area (Å²) >= 11 is 0. The molecule has 11 N–H and O–H groups in total. The van der Waals surface area contributed by atoms with Crippen molar-refractivity contribution in [1.82, 2.24) is 6.15 Å². The quantitative estimate of drug-likeness (QED) is 0.0535. The van der Waals surface area contributed by atoms with Gasteiger partial charge in [0.1, 0.15) is 24.4 Å². The van der Waals surface area contributed by atoms with Crippen molar-refractivity contribution in [2.45, 2.75) is 24.4 Å². The molecule has 4 unspecified atom stereocenters. The molecule has 0 aromatic heterocycles. The van der Waals surface area contributed by atoms with E-state index in [0.717, 1.165) is 0 Å². The van der Waals surface area contributed by atoms with Crippen LogP contribution < -0.4 is 87.1 Å². The molecule has 0 bridgehead atoms. The first-order valence-corrected chi connectivity index (χ1v) is 7.70. The van der Waals surface area contributed by atoms with Crippen molar-refractivity contribution in [3.05, 3.63) is 0 Å². The van der Waals surface area contributed by atoms with Crippen LogP contribution in [0.15, 0.2) is 0 Å². The second kappa shape index (κ2) is 20.3. The number of aliphatic hydroxyl groups excluding tert-OH is 6. The van der Waals surface area contributed by atoms with Gasteiger partial charge in [-0.3, -0.25) is 4.55 Å². The average Bonchev–Trinajstić information content (AvgIpc) is 2.41. The molecule has 20 heteroatoms. The van der Waals surface area contributed by atoms with Gasteiger partial charge in [-0.05, 0) is 0 Å². The van der Waals surface area contributed by atoms with Crippen molar-refractivity contribution >= 4 is 20.8 Å². The van der Waals surface area contributed by atoms with Crippen molar-refractivity contribution < 1.29 is 152 Å². The summed E-state index contributed by atoms with van der Waals surface area (Å²) in [6, 6.07) is 0. The Morgan fingerprint density at radius 2 is 1.12 bits per heavy atom. The topological polar surface area (TPSA) is 316 Å². The zero-order valence-electron chi connectivity index (χ0n) is 13.7. The molecule has 0 fully saturated rings. The van der Waals surface area contributed by atoms with Crippen LogP contribution in [0.4, 0.5) is 0 Å². The summed E-state index contributed by atoms with van der Waals surface area (Å²) in [5, 5.41) is 52.2.